The van der Waals surface area contributed by atoms with Gasteiger partial charge in [-0.2, -0.15) is 0 Å². The Morgan fingerprint density at radius 1 is 0.704 bits per heavy atom. The van der Waals surface area contributed by atoms with E-state index in [0.29, 0.717) is 57.7 Å². The van der Waals surface area contributed by atoms with Gasteiger partial charge in [0.1, 0.15) is 12.4 Å². The molecule has 14 heteroatoms. The highest BCUT2D eigenvalue weighted by molar-refractivity contribution is 7.10. The van der Waals surface area contributed by atoms with Crippen LogP contribution >= 0.6 is 22.7 Å². The lowest BCUT2D eigenvalue weighted by molar-refractivity contribution is -0.144. The maximum absolute atomic E-state index is 14.0. The number of thiophene rings is 2. The minimum atomic E-state index is -0.791. The SMILES string of the molecule is O=C(O)[C@@H](Cc1cccc(OCCN(Cc2csc(C[C@H](C(=O)O)[C@H]3CCNC3)c2)C(=O)Cc2csc(C[C@H](C(=O)O)[C@H]3CCNC3)c2)c1)[C@H]1CCNC1. The van der Waals surface area contributed by atoms with E-state index < -0.39 is 35.7 Å². The number of carbonyl (C=O) groups is 4. The van der Waals surface area contributed by atoms with Gasteiger partial charge in [-0.1, -0.05) is 12.1 Å². The monoisotopic (exact) mass is 780 g/mol. The van der Waals surface area contributed by atoms with Gasteiger partial charge >= 0.3 is 17.9 Å². The van der Waals surface area contributed by atoms with Gasteiger partial charge in [-0.05, 0) is 147 Å². The third kappa shape index (κ3) is 10.9. The minimum Gasteiger partial charge on any atom is -0.492 e. The highest BCUT2D eigenvalue weighted by atomic mass is 32.1. The molecule has 0 bridgehead atoms. The summed E-state index contributed by atoms with van der Waals surface area (Å²) in [6, 6.07) is 11.5. The fraction of sp³-hybridized carbons (Fsp3) is 0.550. The number of carboxylic acid groups (broad SMARTS) is 3. The number of benzene rings is 1. The van der Waals surface area contributed by atoms with Gasteiger partial charge in [-0.25, -0.2) is 0 Å². The number of carboxylic acids is 3. The lowest BCUT2D eigenvalue weighted by atomic mass is 9.86. The molecule has 12 nitrogen and oxygen atoms in total. The van der Waals surface area contributed by atoms with E-state index in [0.717, 1.165) is 65.3 Å². The second kappa shape index (κ2) is 19.2. The van der Waals surface area contributed by atoms with Gasteiger partial charge in [0.15, 0.2) is 0 Å². The third-order valence-electron chi connectivity index (χ3n) is 11.3. The molecule has 0 spiro atoms. The van der Waals surface area contributed by atoms with Crippen molar-refractivity contribution in [3.8, 4) is 5.75 Å². The number of aliphatic carboxylic acids is 3. The topological polar surface area (TPSA) is 178 Å². The zero-order chi connectivity index (χ0) is 38.0. The molecule has 3 aliphatic heterocycles. The predicted molar refractivity (Wildman–Crippen MR) is 207 cm³/mol. The number of hydrogen-bond acceptors (Lipinski definition) is 10. The second-order valence-electron chi connectivity index (χ2n) is 15.0. The van der Waals surface area contributed by atoms with Crippen molar-refractivity contribution in [2.45, 2.75) is 51.5 Å². The Hall–Kier alpha value is -3.82. The molecule has 3 aromatic rings. The number of carbonyl (C=O) groups excluding carboxylic acids is 1. The van der Waals surface area contributed by atoms with Crippen LogP contribution in [0.3, 0.4) is 0 Å². The van der Waals surface area contributed by atoms with Crippen molar-refractivity contribution >= 4 is 46.5 Å². The van der Waals surface area contributed by atoms with Gasteiger partial charge in [-0.3, -0.25) is 19.2 Å². The molecule has 3 aliphatic rings. The van der Waals surface area contributed by atoms with Crippen LogP contribution in [0, 0.1) is 35.5 Å². The van der Waals surface area contributed by atoms with E-state index in [4.69, 9.17) is 4.74 Å². The Bertz CT molecular complexity index is 1730. The number of amides is 1. The molecule has 6 rings (SSSR count). The summed E-state index contributed by atoms with van der Waals surface area (Å²) >= 11 is 3.02. The van der Waals surface area contributed by atoms with Crippen LogP contribution in [0.5, 0.6) is 5.75 Å². The van der Waals surface area contributed by atoms with Crippen LogP contribution in [-0.4, -0.2) is 96.5 Å². The van der Waals surface area contributed by atoms with Crippen molar-refractivity contribution in [2.24, 2.45) is 35.5 Å². The van der Waals surface area contributed by atoms with Crippen molar-refractivity contribution in [2.75, 3.05) is 52.4 Å². The molecular formula is C40H52N4O8S2. The van der Waals surface area contributed by atoms with Crippen molar-refractivity contribution in [3.63, 3.8) is 0 Å². The maximum Gasteiger partial charge on any atom is 0.307 e. The van der Waals surface area contributed by atoms with Crippen LogP contribution in [-0.2, 0) is 51.4 Å². The van der Waals surface area contributed by atoms with Crippen molar-refractivity contribution in [1.29, 1.82) is 0 Å². The maximum atomic E-state index is 14.0. The molecule has 0 aliphatic carbocycles. The van der Waals surface area contributed by atoms with Gasteiger partial charge < -0.3 is 40.9 Å². The van der Waals surface area contributed by atoms with Gasteiger partial charge in [0.2, 0.25) is 5.91 Å². The molecule has 1 aromatic carbocycles. The summed E-state index contributed by atoms with van der Waals surface area (Å²) in [4.78, 5) is 54.0. The summed E-state index contributed by atoms with van der Waals surface area (Å²) in [7, 11) is 0. The number of nitrogens with one attached hydrogen (secondary N) is 3. The number of nitrogens with zero attached hydrogens (tertiary/aromatic N) is 1. The minimum absolute atomic E-state index is 0.0847. The Morgan fingerprint density at radius 2 is 1.22 bits per heavy atom. The molecule has 6 N–H and O–H groups in total. The van der Waals surface area contributed by atoms with Gasteiger partial charge in [0.25, 0.3) is 0 Å². The standard InChI is InChI=1S/C40H52N4O8S2/c45-37(16-26-13-32(53-23-26)17-35(39(48)49)29-5-8-42-20-29)44(22-27-14-33(54-24-27)18-36(40(50)51)30-6-9-43-21-30)10-11-52-31-3-1-2-25(12-31)15-34(38(46)47)28-4-7-41-19-28/h1-3,12-14,23-24,28-30,34-36,41-43H,4-11,15-22H2,(H,46,47)(H,48,49)(H,50,51)/t28-,29-,30-,34-,35-,36-/m0/s1. The molecule has 0 saturated carbocycles. The van der Waals surface area contributed by atoms with E-state index >= 15 is 0 Å². The lowest BCUT2D eigenvalue weighted by Crippen LogP contribution is -2.35. The smallest absolute Gasteiger partial charge is 0.307 e. The zero-order valence-electron chi connectivity index (χ0n) is 30.5. The molecule has 1 amide bonds. The zero-order valence-corrected chi connectivity index (χ0v) is 32.2. The average molecular weight is 781 g/mol. The largest absolute Gasteiger partial charge is 0.492 e. The molecule has 0 radical (unpaired) electrons. The lowest BCUT2D eigenvalue weighted by Gasteiger charge is -2.23. The van der Waals surface area contributed by atoms with Crippen LogP contribution in [0.25, 0.3) is 0 Å². The van der Waals surface area contributed by atoms with E-state index in [-0.39, 0.29) is 36.7 Å². The Kier molecular flexibility index (Phi) is 14.1. The van der Waals surface area contributed by atoms with Gasteiger partial charge in [-0.15, -0.1) is 22.7 Å². The number of ether oxygens (including phenoxy) is 1. The molecular weight excluding hydrogens is 729 g/mol. The molecule has 2 aromatic heterocycles. The highest BCUT2D eigenvalue weighted by Gasteiger charge is 2.33. The molecule has 6 atom stereocenters. The average Bonchev–Trinajstić information content (AvgIpc) is 3.99. The van der Waals surface area contributed by atoms with Crippen molar-refractivity contribution < 1.29 is 39.2 Å². The molecule has 54 heavy (non-hydrogen) atoms. The highest BCUT2D eigenvalue weighted by Crippen LogP contribution is 2.30. The quantitative estimate of drug-likeness (QED) is 0.0977. The van der Waals surface area contributed by atoms with Gasteiger partial charge in [0, 0.05) is 16.3 Å². The van der Waals surface area contributed by atoms with E-state index in [1.54, 1.807) is 4.90 Å². The summed E-state index contributed by atoms with van der Waals surface area (Å²) in [5.41, 5.74) is 2.67. The van der Waals surface area contributed by atoms with E-state index in [1.165, 1.54) is 22.7 Å². The fourth-order valence-corrected chi connectivity index (χ4v) is 10.1. The molecule has 3 saturated heterocycles. The van der Waals surface area contributed by atoms with Crippen LogP contribution < -0.4 is 20.7 Å². The van der Waals surface area contributed by atoms with Crippen LogP contribution in [0.2, 0.25) is 0 Å². The van der Waals surface area contributed by atoms with E-state index in [2.05, 4.69) is 16.0 Å². The summed E-state index contributed by atoms with van der Waals surface area (Å²) < 4.78 is 6.16. The summed E-state index contributed by atoms with van der Waals surface area (Å²) in [5, 5.41) is 43.6. The van der Waals surface area contributed by atoms with E-state index in [9.17, 15) is 34.5 Å². The Labute approximate surface area is 324 Å². The van der Waals surface area contributed by atoms with Crippen LogP contribution in [0.1, 0.15) is 45.7 Å². The van der Waals surface area contributed by atoms with Crippen molar-refractivity contribution in [1.82, 2.24) is 20.9 Å². The fourth-order valence-electron chi connectivity index (χ4n) is 8.19. The van der Waals surface area contributed by atoms with Crippen LogP contribution in [0.4, 0.5) is 0 Å². The predicted octanol–water partition coefficient (Wildman–Crippen LogP) is 4.02. The summed E-state index contributed by atoms with van der Waals surface area (Å²) in [6.07, 6.45) is 3.99. The Balaban J connectivity index is 1.11. The second-order valence-corrected chi connectivity index (χ2v) is 17.0. The third-order valence-corrected chi connectivity index (χ3v) is 13.3. The first-order valence-corrected chi connectivity index (χ1v) is 20.8. The van der Waals surface area contributed by atoms with E-state index in [1.807, 2.05) is 47.2 Å². The number of hydrogen-bond donors (Lipinski definition) is 6. The molecule has 292 valence electrons. The summed E-state index contributed by atoms with van der Waals surface area (Å²) in [5.74, 6) is -2.99. The Morgan fingerprint density at radius 3 is 1.74 bits per heavy atom. The molecule has 3 fully saturated rings. The first-order chi connectivity index (χ1) is 26.1. The first-order valence-electron chi connectivity index (χ1n) is 19.1. The van der Waals surface area contributed by atoms with Gasteiger partial charge in [0.05, 0.1) is 30.7 Å². The number of rotatable bonds is 20. The summed E-state index contributed by atoms with van der Waals surface area (Å²) in [6.45, 7) is 5.47. The van der Waals surface area contributed by atoms with Crippen molar-refractivity contribution in [3.05, 3.63) is 73.6 Å². The molecule has 5 heterocycles. The first kappa shape index (κ1) is 39.9. The normalized spacial score (nSPS) is 21.4. The van der Waals surface area contributed by atoms with Crippen LogP contribution in [0.15, 0.2) is 47.2 Å². The molecule has 0 unspecified atom stereocenters.